The molecule has 216 valence electrons. The number of nitrogens with zero attached hydrogens (tertiary/aromatic N) is 1. The molecule has 0 radical (unpaired) electrons. The van der Waals surface area contributed by atoms with Crippen LogP contribution in [-0.2, 0) is 9.59 Å². The van der Waals surface area contributed by atoms with E-state index in [0.717, 1.165) is 12.7 Å². The normalized spacial score (nSPS) is 18.9. The van der Waals surface area contributed by atoms with Crippen LogP contribution >= 0.6 is 0 Å². The summed E-state index contributed by atoms with van der Waals surface area (Å²) in [5.74, 6) is 0.0783. The summed E-state index contributed by atoms with van der Waals surface area (Å²) in [5, 5.41) is 10.0. The van der Waals surface area contributed by atoms with Crippen molar-refractivity contribution in [2.75, 3.05) is 33.2 Å². The van der Waals surface area contributed by atoms with Crippen molar-refractivity contribution in [1.82, 2.24) is 4.90 Å². The molecule has 4 N–H and O–H groups in total. The van der Waals surface area contributed by atoms with Gasteiger partial charge in [-0.3, -0.25) is 9.59 Å². The Labute approximate surface area is 238 Å². The van der Waals surface area contributed by atoms with Gasteiger partial charge in [0, 0.05) is 31.0 Å². The third-order valence-corrected chi connectivity index (χ3v) is 6.24. The van der Waals surface area contributed by atoms with Crippen LogP contribution in [0.25, 0.3) is 0 Å². The van der Waals surface area contributed by atoms with Crippen LogP contribution < -0.4 is 20.5 Å². The van der Waals surface area contributed by atoms with Crippen LogP contribution in [0, 0.1) is 5.92 Å². The van der Waals surface area contributed by atoms with Gasteiger partial charge in [-0.05, 0) is 49.2 Å². The van der Waals surface area contributed by atoms with Crippen molar-refractivity contribution in [2.24, 2.45) is 11.7 Å². The van der Waals surface area contributed by atoms with Crippen LogP contribution in [0.5, 0.6) is 11.5 Å². The molecule has 0 spiro atoms. The summed E-state index contributed by atoms with van der Waals surface area (Å²) < 4.78 is 10.7. The summed E-state index contributed by atoms with van der Waals surface area (Å²) in [4.78, 5) is 29.3. The minimum atomic E-state index is -0.613. The van der Waals surface area contributed by atoms with Crippen LogP contribution in [0.15, 0.2) is 103 Å². The van der Waals surface area contributed by atoms with Gasteiger partial charge in [0.15, 0.2) is 11.5 Å². The van der Waals surface area contributed by atoms with Gasteiger partial charge in [-0.15, -0.1) is 0 Å². The average molecular weight is 550 g/mol. The Morgan fingerprint density at radius 1 is 1.15 bits per heavy atom. The minimum Gasteiger partial charge on any atom is -0.493 e. The lowest BCUT2D eigenvalue weighted by Crippen LogP contribution is -2.54. The molecule has 1 aliphatic heterocycles. The number of carbonyl (C=O) groups excluding carboxylic acids is 2. The van der Waals surface area contributed by atoms with E-state index in [4.69, 9.17) is 20.3 Å². The van der Waals surface area contributed by atoms with E-state index in [1.165, 1.54) is 13.3 Å². The first-order valence-electron chi connectivity index (χ1n) is 13.0. The molecule has 8 heteroatoms. The standard InChI is InChI=1S/C31H39N3O4.CH4O/c1-7-11-13-15-23-19-25(30(35)33-24-16-17-27(37-5)28(20-24)38-6)29(34(18-9-3)31(23)36)26(21-32)22(10-4)14-12-8-2;1-2/h7-8,10-17,20-21,25,29H,1-2,9,18-19,32H2,3-6H3,(H,33,35);2H,1H3/b13-11-,14-12-,22-10+,23-15+,26-21+;. The second-order valence-electron chi connectivity index (χ2n) is 8.59. The topological polar surface area (TPSA) is 114 Å². The number of likely N-dealkylation sites (tertiary alicyclic amines) is 1. The van der Waals surface area contributed by atoms with Crippen molar-refractivity contribution in [3.05, 3.63) is 103 Å². The monoisotopic (exact) mass is 549 g/mol. The quantitative estimate of drug-likeness (QED) is 0.248. The molecule has 2 rings (SSSR count). The van der Waals surface area contributed by atoms with Gasteiger partial charge in [0.2, 0.25) is 11.8 Å². The van der Waals surface area contributed by atoms with E-state index in [1.807, 2.05) is 26.0 Å². The molecule has 1 saturated heterocycles. The molecule has 2 atom stereocenters. The van der Waals surface area contributed by atoms with Crippen LogP contribution in [-0.4, -0.2) is 55.7 Å². The van der Waals surface area contributed by atoms with Crippen molar-refractivity contribution in [1.29, 1.82) is 0 Å². The number of aliphatic hydroxyl groups is 1. The number of rotatable bonds is 12. The van der Waals surface area contributed by atoms with E-state index in [1.54, 1.807) is 66.7 Å². The van der Waals surface area contributed by atoms with Crippen LogP contribution in [0.4, 0.5) is 5.69 Å². The molecule has 0 aromatic heterocycles. The first-order valence-corrected chi connectivity index (χ1v) is 13.0. The molecule has 1 aromatic carbocycles. The predicted molar refractivity (Wildman–Crippen MR) is 163 cm³/mol. The predicted octanol–water partition coefficient (Wildman–Crippen LogP) is 5.08. The number of hydrogen-bond acceptors (Lipinski definition) is 6. The van der Waals surface area contributed by atoms with E-state index in [-0.39, 0.29) is 18.2 Å². The van der Waals surface area contributed by atoms with Crippen LogP contribution in [0.2, 0.25) is 0 Å². The zero-order valence-corrected chi connectivity index (χ0v) is 24.2. The molecule has 1 heterocycles. The summed E-state index contributed by atoms with van der Waals surface area (Å²) in [6.07, 6.45) is 16.6. The molecule has 1 aliphatic rings. The van der Waals surface area contributed by atoms with Gasteiger partial charge in [0.05, 0.1) is 26.2 Å². The fourth-order valence-corrected chi connectivity index (χ4v) is 4.50. The summed E-state index contributed by atoms with van der Waals surface area (Å²) >= 11 is 0. The number of methoxy groups -OCH3 is 2. The van der Waals surface area contributed by atoms with E-state index in [2.05, 4.69) is 18.5 Å². The lowest BCUT2D eigenvalue weighted by atomic mass is 9.78. The summed E-state index contributed by atoms with van der Waals surface area (Å²) in [6.45, 7) is 11.8. The largest absolute Gasteiger partial charge is 0.493 e. The summed E-state index contributed by atoms with van der Waals surface area (Å²) in [5.41, 5.74) is 8.78. The van der Waals surface area contributed by atoms with E-state index in [9.17, 15) is 9.59 Å². The highest BCUT2D eigenvalue weighted by atomic mass is 16.5. The maximum Gasteiger partial charge on any atom is 0.250 e. The Hall–Kier alpha value is -4.30. The van der Waals surface area contributed by atoms with E-state index < -0.39 is 12.0 Å². The number of hydrogen-bond donors (Lipinski definition) is 3. The van der Waals surface area contributed by atoms with Crippen LogP contribution in [0.1, 0.15) is 26.7 Å². The number of carbonyl (C=O) groups is 2. The number of anilines is 1. The van der Waals surface area contributed by atoms with Crippen molar-refractivity contribution < 1.29 is 24.2 Å². The second kappa shape index (κ2) is 18.1. The van der Waals surface area contributed by atoms with Crippen molar-refractivity contribution >= 4 is 17.5 Å². The maximum absolute atomic E-state index is 13.9. The van der Waals surface area contributed by atoms with E-state index in [0.29, 0.717) is 41.3 Å². The third kappa shape index (κ3) is 8.61. The third-order valence-electron chi connectivity index (χ3n) is 6.24. The van der Waals surface area contributed by atoms with Gasteiger partial charge < -0.3 is 30.5 Å². The van der Waals surface area contributed by atoms with Crippen molar-refractivity contribution in [3.8, 4) is 11.5 Å². The summed E-state index contributed by atoms with van der Waals surface area (Å²) in [6, 6.07) is 4.61. The molecule has 1 fully saturated rings. The molecular weight excluding hydrogens is 506 g/mol. The number of aliphatic hydroxyl groups excluding tert-OH is 1. The molecular formula is C32H43N3O5. The second-order valence-corrected chi connectivity index (χ2v) is 8.59. The van der Waals surface area contributed by atoms with Gasteiger partial charge in [0.25, 0.3) is 0 Å². The van der Waals surface area contributed by atoms with Gasteiger partial charge in [-0.2, -0.15) is 0 Å². The highest BCUT2D eigenvalue weighted by molar-refractivity contribution is 6.01. The minimum absolute atomic E-state index is 0.122. The lowest BCUT2D eigenvalue weighted by molar-refractivity contribution is -0.135. The van der Waals surface area contributed by atoms with Gasteiger partial charge in [-0.1, -0.05) is 68.7 Å². The zero-order valence-electron chi connectivity index (χ0n) is 24.2. The Morgan fingerprint density at radius 2 is 1.82 bits per heavy atom. The number of ether oxygens (including phenoxy) is 2. The molecule has 2 amide bonds. The van der Waals surface area contributed by atoms with Gasteiger partial charge in [-0.25, -0.2) is 0 Å². The first-order chi connectivity index (χ1) is 19.4. The zero-order chi connectivity index (χ0) is 30.1. The smallest absolute Gasteiger partial charge is 0.250 e. The van der Waals surface area contributed by atoms with Crippen molar-refractivity contribution in [3.63, 3.8) is 0 Å². The SMILES string of the molecule is C=C/C=C\C=C1/CC(C(=O)Nc2ccc(OC)c(OC)c2)C(C(=C/N)/C(/C=C\C=C)=C/C)N(CCC)C1=O.CO. The maximum atomic E-state index is 13.9. The Morgan fingerprint density at radius 3 is 2.38 bits per heavy atom. The van der Waals surface area contributed by atoms with Crippen molar-refractivity contribution in [2.45, 2.75) is 32.7 Å². The van der Waals surface area contributed by atoms with Gasteiger partial charge in [0.1, 0.15) is 0 Å². The molecule has 0 saturated carbocycles. The highest BCUT2D eigenvalue weighted by Gasteiger charge is 2.44. The number of benzene rings is 1. The molecule has 2 unspecified atom stereocenters. The molecule has 0 bridgehead atoms. The molecule has 8 nitrogen and oxygen atoms in total. The number of allylic oxidation sites excluding steroid dienone is 8. The number of amides is 2. The Balaban J connectivity index is 0.00000391. The molecule has 1 aromatic rings. The molecule has 0 aliphatic carbocycles. The number of nitrogens with two attached hydrogens (primary N) is 1. The Kier molecular flexibility index (Phi) is 15.2. The summed E-state index contributed by atoms with van der Waals surface area (Å²) in [7, 11) is 4.09. The fourth-order valence-electron chi connectivity index (χ4n) is 4.50. The Bertz CT molecular complexity index is 1180. The number of nitrogens with one attached hydrogen (secondary N) is 1. The lowest BCUT2D eigenvalue weighted by Gasteiger charge is -2.43. The van der Waals surface area contributed by atoms with E-state index >= 15 is 0 Å². The van der Waals surface area contributed by atoms with Crippen LogP contribution in [0.3, 0.4) is 0 Å². The first kappa shape index (κ1) is 33.7. The fraction of sp³-hybridized carbons (Fsp3) is 0.312. The molecule has 40 heavy (non-hydrogen) atoms. The highest BCUT2D eigenvalue weighted by Crippen LogP contribution is 2.37. The average Bonchev–Trinajstić information content (AvgIpc) is 2.98. The van der Waals surface area contributed by atoms with Gasteiger partial charge >= 0.3 is 0 Å². The number of piperidine rings is 1.